The van der Waals surface area contributed by atoms with Crippen LogP contribution in [0.2, 0.25) is 0 Å². The van der Waals surface area contributed by atoms with Crippen LogP contribution in [0.1, 0.15) is 11.1 Å². The molecule has 7 aromatic carbocycles. The summed E-state index contributed by atoms with van der Waals surface area (Å²) in [5.74, 6) is 0. The molecule has 4 heterocycles. The lowest BCUT2D eigenvalue weighted by atomic mass is 10.0. The first-order valence-electron chi connectivity index (χ1n) is 18.2. The Hall–Kier alpha value is -7.93. The Labute approximate surface area is 315 Å². The fraction of sp³-hybridized carbons (Fsp3) is 0. The molecule has 0 atom stereocenters. The summed E-state index contributed by atoms with van der Waals surface area (Å²) in [5.41, 5.74) is 13.4. The predicted octanol–water partition coefficient (Wildman–Crippen LogP) is 11.8. The minimum atomic E-state index is 0.566. The molecule has 0 unspecified atom stereocenters. The molecule has 6 nitrogen and oxygen atoms in total. The summed E-state index contributed by atoms with van der Waals surface area (Å²) >= 11 is 0. The van der Waals surface area contributed by atoms with Crippen molar-refractivity contribution in [2.45, 2.75) is 0 Å². The van der Waals surface area contributed by atoms with Gasteiger partial charge in [0.2, 0.25) is 0 Å². The summed E-state index contributed by atoms with van der Waals surface area (Å²) < 4.78 is 6.84. The zero-order valence-corrected chi connectivity index (χ0v) is 29.3. The molecule has 0 aliphatic rings. The van der Waals surface area contributed by atoms with E-state index < -0.39 is 0 Å². The normalized spacial score (nSPS) is 11.6. The van der Waals surface area contributed by atoms with Crippen LogP contribution in [0.5, 0.6) is 0 Å². The number of pyridine rings is 1. The molecule has 11 aromatic rings. The Bertz CT molecular complexity index is 3460. The van der Waals surface area contributed by atoms with Gasteiger partial charge in [-0.15, -0.1) is 0 Å². The standard InChI is InChI=1S/C49H28N6/c50-29-31-19-20-45-40(24-31)38-14-4-7-17-44(38)55(45)37-23-32(30-51)22-34(26-37)33-10-8-13-36(25-33)54-46-18-9-21-52-49(46)42-28-47-41(27-48(42)54)39-15-5-6-16-43(39)53(47)35-11-2-1-3-12-35/h1-28H. The molecule has 0 bridgehead atoms. The summed E-state index contributed by atoms with van der Waals surface area (Å²) in [6.07, 6.45) is 1.87. The van der Waals surface area contributed by atoms with Gasteiger partial charge in [-0.2, -0.15) is 10.5 Å². The van der Waals surface area contributed by atoms with E-state index in [9.17, 15) is 10.5 Å². The van der Waals surface area contributed by atoms with E-state index in [2.05, 4.69) is 141 Å². The van der Waals surface area contributed by atoms with Crippen molar-refractivity contribution >= 4 is 65.5 Å². The van der Waals surface area contributed by atoms with Crippen molar-refractivity contribution in [1.82, 2.24) is 18.7 Å². The lowest BCUT2D eigenvalue weighted by Crippen LogP contribution is -1.97. The number of nitriles is 2. The quantitative estimate of drug-likeness (QED) is 0.183. The zero-order valence-electron chi connectivity index (χ0n) is 29.3. The summed E-state index contributed by atoms with van der Waals surface area (Å²) in [6.45, 7) is 0. The first-order valence-corrected chi connectivity index (χ1v) is 18.2. The summed E-state index contributed by atoms with van der Waals surface area (Å²) in [6, 6.07) is 61.1. The van der Waals surface area contributed by atoms with Gasteiger partial charge in [0.05, 0.1) is 61.9 Å². The van der Waals surface area contributed by atoms with E-state index in [0.717, 1.165) is 83.0 Å². The second-order valence-electron chi connectivity index (χ2n) is 13.9. The van der Waals surface area contributed by atoms with Crippen LogP contribution in [0, 0.1) is 22.7 Å². The minimum Gasteiger partial charge on any atom is -0.309 e. The number of rotatable bonds is 4. The van der Waals surface area contributed by atoms with Crippen LogP contribution in [0.25, 0.3) is 93.7 Å². The largest absolute Gasteiger partial charge is 0.309 e. The molecular weight excluding hydrogens is 673 g/mol. The molecule has 0 amide bonds. The highest BCUT2D eigenvalue weighted by Crippen LogP contribution is 2.40. The van der Waals surface area contributed by atoms with Gasteiger partial charge >= 0.3 is 0 Å². The van der Waals surface area contributed by atoms with Gasteiger partial charge in [0.25, 0.3) is 0 Å². The molecule has 0 aliphatic heterocycles. The molecule has 0 aliphatic carbocycles. The van der Waals surface area contributed by atoms with Gasteiger partial charge in [0, 0.05) is 50.2 Å². The maximum atomic E-state index is 10.3. The average Bonchev–Trinajstić information content (AvgIpc) is 3.88. The average molecular weight is 701 g/mol. The molecule has 0 spiro atoms. The van der Waals surface area contributed by atoms with Crippen molar-refractivity contribution < 1.29 is 0 Å². The fourth-order valence-corrected chi connectivity index (χ4v) is 8.54. The summed E-state index contributed by atoms with van der Waals surface area (Å²) in [4.78, 5) is 4.94. The highest BCUT2D eigenvalue weighted by molar-refractivity contribution is 6.18. The Morgan fingerprint density at radius 2 is 0.964 bits per heavy atom. The smallest absolute Gasteiger partial charge is 0.0992 e. The molecule has 0 radical (unpaired) electrons. The van der Waals surface area contributed by atoms with Crippen molar-refractivity contribution in [1.29, 1.82) is 10.5 Å². The predicted molar refractivity (Wildman–Crippen MR) is 222 cm³/mol. The number of benzene rings is 7. The molecule has 0 N–H and O–H groups in total. The number of para-hydroxylation sites is 3. The van der Waals surface area contributed by atoms with Crippen LogP contribution in [0.3, 0.4) is 0 Å². The van der Waals surface area contributed by atoms with Gasteiger partial charge < -0.3 is 13.7 Å². The van der Waals surface area contributed by atoms with E-state index >= 15 is 0 Å². The van der Waals surface area contributed by atoms with Gasteiger partial charge in [-0.1, -0.05) is 66.7 Å². The van der Waals surface area contributed by atoms with Crippen LogP contribution in [0.15, 0.2) is 170 Å². The number of aromatic nitrogens is 4. The highest BCUT2D eigenvalue weighted by atomic mass is 15.0. The molecule has 254 valence electrons. The summed E-state index contributed by atoms with van der Waals surface area (Å²) in [5, 5.41) is 25.5. The third-order valence-corrected chi connectivity index (χ3v) is 10.9. The fourth-order valence-electron chi connectivity index (χ4n) is 8.54. The topological polar surface area (TPSA) is 75.3 Å². The third kappa shape index (κ3) is 4.56. The SMILES string of the molecule is N#Cc1cc(-c2cccc(-n3c4cc5c6ccccc6n(-c6ccccc6)c5cc4c4ncccc43)c2)cc(-n2c3ccccc3c3cc(C#N)ccc32)c1. The van der Waals surface area contributed by atoms with Gasteiger partial charge in [-0.25, -0.2) is 0 Å². The highest BCUT2D eigenvalue weighted by Gasteiger charge is 2.20. The molecule has 55 heavy (non-hydrogen) atoms. The van der Waals surface area contributed by atoms with Crippen LogP contribution in [-0.4, -0.2) is 18.7 Å². The van der Waals surface area contributed by atoms with E-state index in [1.807, 2.05) is 54.7 Å². The maximum Gasteiger partial charge on any atom is 0.0992 e. The molecule has 11 rings (SSSR count). The molecular formula is C49H28N6. The van der Waals surface area contributed by atoms with Crippen molar-refractivity contribution in [2.24, 2.45) is 0 Å². The van der Waals surface area contributed by atoms with Crippen LogP contribution in [-0.2, 0) is 0 Å². The monoisotopic (exact) mass is 700 g/mol. The van der Waals surface area contributed by atoms with Gasteiger partial charge in [0.15, 0.2) is 0 Å². The van der Waals surface area contributed by atoms with E-state index in [1.165, 1.54) is 10.8 Å². The van der Waals surface area contributed by atoms with E-state index in [4.69, 9.17) is 4.98 Å². The van der Waals surface area contributed by atoms with E-state index in [-0.39, 0.29) is 0 Å². The number of hydrogen-bond donors (Lipinski definition) is 0. The van der Waals surface area contributed by atoms with Crippen LogP contribution < -0.4 is 0 Å². The van der Waals surface area contributed by atoms with Crippen molar-refractivity contribution in [3.8, 4) is 40.3 Å². The first-order chi connectivity index (χ1) is 27.2. The lowest BCUT2D eigenvalue weighted by molar-refractivity contribution is 1.17. The van der Waals surface area contributed by atoms with Crippen molar-refractivity contribution in [3.05, 3.63) is 181 Å². The zero-order chi connectivity index (χ0) is 36.6. The summed E-state index contributed by atoms with van der Waals surface area (Å²) in [7, 11) is 0. The number of hydrogen-bond acceptors (Lipinski definition) is 3. The number of nitrogens with zero attached hydrogens (tertiary/aromatic N) is 6. The Morgan fingerprint density at radius 3 is 1.75 bits per heavy atom. The van der Waals surface area contributed by atoms with Gasteiger partial charge in [0.1, 0.15) is 0 Å². The lowest BCUT2D eigenvalue weighted by Gasteiger charge is -2.13. The van der Waals surface area contributed by atoms with Gasteiger partial charge in [-0.3, -0.25) is 4.98 Å². The van der Waals surface area contributed by atoms with E-state index in [0.29, 0.717) is 11.1 Å². The van der Waals surface area contributed by atoms with E-state index in [1.54, 1.807) is 0 Å². The molecule has 0 saturated carbocycles. The second-order valence-corrected chi connectivity index (χ2v) is 13.9. The third-order valence-electron chi connectivity index (χ3n) is 10.9. The van der Waals surface area contributed by atoms with Crippen LogP contribution in [0.4, 0.5) is 0 Å². The first kappa shape index (κ1) is 30.7. The van der Waals surface area contributed by atoms with Crippen LogP contribution >= 0.6 is 0 Å². The van der Waals surface area contributed by atoms with Crippen molar-refractivity contribution in [2.75, 3.05) is 0 Å². The molecule has 0 saturated heterocycles. The Kier molecular flexibility index (Phi) is 6.58. The molecule has 6 heteroatoms. The maximum absolute atomic E-state index is 10.3. The Balaban J connectivity index is 1.13. The van der Waals surface area contributed by atoms with Gasteiger partial charge in [-0.05, 0) is 108 Å². The number of fused-ring (bicyclic) bond motifs is 9. The molecule has 4 aromatic heterocycles. The Morgan fingerprint density at radius 1 is 0.364 bits per heavy atom. The minimum absolute atomic E-state index is 0.566. The second kappa shape index (κ2) is 11.8. The van der Waals surface area contributed by atoms with Crippen molar-refractivity contribution in [3.63, 3.8) is 0 Å². The molecule has 0 fully saturated rings.